The Morgan fingerprint density at radius 1 is 1.24 bits per heavy atom. The monoisotopic (exact) mass is 236 g/mol. The molecule has 0 aliphatic rings. The molecular formula is C13H20N2O2. The van der Waals surface area contributed by atoms with Gasteiger partial charge in [0.25, 0.3) is 0 Å². The van der Waals surface area contributed by atoms with Crippen LogP contribution in [0.2, 0.25) is 0 Å². The summed E-state index contributed by atoms with van der Waals surface area (Å²) in [6.45, 7) is 2.27. The Bertz CT molecular complexity index is 314. The van der Waals surface area contributed by atoms with Crippen LogP contribution in [0.15, 0.2) is 30.3 Å². The first kappa shape index (κ1) is 13.5. The van der Waals surface area contributed by atoms with Crippen LogP contribution in [-0.4, -0.2) is 32.7 Å². The SMILES string of the molecule is CNC(=O)CCNCCCOc1ccccc1. The molecule has 4 nitrogen and oxygen atoms in total. The summed E-state index contributed by atoms with van der Waals surface area (Å²) in [7, 11) is 1.65. The maximum absolute atomic E-state index is 10.9. The van der Waals surface area contributed by atoms with Crippen LogP contribution in [0.4, 0.5) is 0 Å². The van der Waals surface area contributed by atoms with Crippen molar-refractivity contribution in [2.75, 3.05) is 26.7 Å². The third-order valence-corrected chi connectivity index (χ3v) is 2.32. The van der Waals surface area contributed by atoms with Crippen molar-refractivity contribution in [2.24, 2.45) is 0 Å². The molecule has 94 valence electrons. The summed E-state index contributed by atoms with van der Waals surface area (Å²) in [5.74, 6) is 0.968. The second-order valence-electron chi connectivity index (χ2n) is 3.69. The molecule has 1 rings (SSSR count). The quantitative estimate of drug-likeness (QED) is 0.666. The van der Waals surface area contributed by atoms with Gasteiger partial charge >= 0.3 is 0 Å². The number of carbonyl (C=O) groups is 1. The fourth-order valence-electron chi connectivity index (χ4n) is 1.36. The summed E-state index contributed by atoms with van der Waals surface area (Å²) in [5.41, 5.74) is 0. The fraction of sp³-hybridized carbons (Fsp3) is 0.462. The zero-order valence-corrected chi connectivity index (χ0v) is 10.2. The molecule has 1 aromatic carbocycles. The van der Waals surface area contributed by atoms with E-state index in [1.54, 1.807) is 7.05 Å². The molecule has 0 aliphatic carbocycles. The predicted octanol–water partition coefficient (Wildman–Crippen LogP) is 1.18. The van der Waals surface area contributed by atoms with Gasteiger partial charge in [-0.15, -0.1) is 0 Å². The molecule has 0 aliphatic heterocycles. The van der Waals surface area contributed by atoms with Crippen LogP contribution in [0.25, 0.3) is 0 Å². The molecule has 0 fully saturated rings. The van der Waals surface area contributed by atoms with E-state index < -0.39 is 0 Å². The fourth-order valence-corrected chi connectivity index (χ4v) is 1.36. The van der Waals surface area contributed by atoms with E-state index in [-0.39, 0.29) is 5.91 Å². The van der Waals surface area contributed by atoms with Crippen molar-refractivity contribution in [1.29, 1.82) is 0 Å². The molecule has 17 heavy (non-hydrogen) atoms. The maximum atomic E-state index is 10.9. The second kappa shape index (κ2) is 8.58. The van der Waals surface area contributed by atoms with Gasteiger partial charge in [0.2, 0.25) is 5.91 Å². The van der Waals surface area contributed by atoms with Gasteiger partial charge in [0.05, 0.1) is 6.61 Å². The zero-order valence-electron chi connectivity index (χ0n) is 10.2. The Labute approximate surface area is 102 Å². The highest BCUT2D eigenvalue weighted by molar-refractivity contribution is 5.75. The first-order valence-electron chi connectivity index (χ1n) is 5.92. The number of nitrogens with one attached hydrogen (secondary N) is 2. The Morgan fingerprint density at radius 3 is 2.71 bits per heavy atom. The van der Waals surface area contributed by atoms with Crippen molar-refractivity contribution < 1.29 is 9.53 Å². The van der Waals surface area contributed by atoms with Crippen molar-refractivity contribution in [3.05, 3.63) is 30.3 Å². The lowest BCUT2D eigenvalue weighted by molar-refractivity contribution is -0.120. The minimum Gasteiger partial charge on any atom is -0.494 e. The van der Waals surface area contributed by atoms with Crippen molar-refractivity contribution in [1.82, 2.24) is 10.6 Å². The number of carbonyl (C=O) groups excluding carboxylic acids is 1. The van der Waals surface area contributed by atoms with Crippen LogP contribution in [0.1, 0.15) is 12.8 Å². The summed E-state index contributed by atoms with van der Waals surface area (Å²) < 4.78 is 5.54. The largest absolute Gasteiger partial charge is 0.494 e. The standard InChI is InChI=1S/C13H20N2O2/c1-14-13(16)8-10-15-9-5-11-17-12-6-3-2-4-7-12/h2-4,6-7,15H,5,8-11H2,1H3,(H,14,16). The summed E-state index contributed by atoms with van der Waals surface area (Å²) in [4.78, 5) is 10.9. The van der Waals surface area contributed by atoms with Crippen molar-refractivity contribution in [3.63, 3.8) is 0 Å². The highest BCUT2D eigenvalue weighted by Crippen LogP contribution is 2.07. The van der Waals surface area contributed by atoms with E-state index in [2.05, 4.69) is 10.6 Å². The first-order chi connectivity index (χ1) is 8.33. The van der Waals surface area contributed by atoms with Gasteiger partial charge in [-0.05, 0) is 25.1 Å². The molecule has 2 N–H and O–H groups in total. The highest BCUT2D eigenvalue weighted by atomic mass is 16.5. The summed E-state index contributed by atoms with van der Waals surface area (Å²) in [6.07, 6.45) is 1.46. The van der Waals surface area contributed by atoms with Crippen molar-refractivity contribution in [3.8, 4) is 5.75 Å². The lowest BCUT2D eigenvalue weighted by atomic mass is 10.3. The molecule has 0 saturated heterocycles. The molecule has 0 saturated carbocycles. The van der Waals surface area contributed by atoms with E-state index in [0.29, 0.717) is 19.6 Å². The molecule has 0 atom stereocenters. The Hall–Kier alpha value is -1.55. The topological polar surface area (TPSA) is 50.4 Å². The van der Waals surface area contributed by atoms with Gasteiger partial charge in [-0.3, -0.25) is 4.79 Å². The summed E-state index contributed by atoms with van der Waals surface area (Å²) >= 11 is 0. The Balaban J connectivity index is 1.93. The second-order valence-corrected chi connectivity index (χ2v) is 3.69. The van der Waals surface area contributed by atoms with Gasteiger partial charge in [-0.1, -0.05) is 18.2 Å². The normalized spacial score (nSPS) is 9.94. The molecule has 1 amide bonds. The number of rotatable bonds is 8. The summed E-state index contributed by atoms with van der Waals surface area (Å²) in [5, 5.41) is 5.78. The molecule has 0 unspecified atom stereocenters. The molecule has 1 aromatic rings. The lowest BCUT2D eigenvalue weighted by Gasteiger charge is -2.06. The molecule has 0 aromatic heterocycles. The predicted molar refractivity (Wildman–Crippen MR) is 68.1 cm³/mol. The lowest BCUT2D eigenvalue weighted by Crippen LogP contribution is -2.25. The number of para-hydroxylation sites is 1. The van der Waals surface area contributed by atoms with Gasteiger partial charge in [0, 0.05) is 20.0 Å². The molecule has 0 bridgehead atoms. The molecule has 4 heteroatoms. The number of benzene rings is 1. The van der Waals surface area contributed by atoms with Gasteiger partial charge in [0.15, 0.2) is 0 Å². The van der Waals surface area contributed by atoms with Gasteiger partial charge in [0.1, 0.15) is 5.75 Å². The van der Waals surface area contributed by atoms with Crippen molar-refractivity contribution in [2.45, 2.75) is 12.8 Å². The van der Waals surface area contributed by atoms with Crippen molar-refractivity contribution >= 4 is 5.91 Å². The molecule has 0 spiro atoms. The average molecular weight is 236 g/mol. The third-order valence-electron chi connectivity index (χ3n) is 2.32. The maximum Gasteiger partial charge on any atom is 0.221 e. The van der Waals surface area contributed by atoms with E-state index in [4.69, 9.17) is 4.74 Å². The molecule has 0 heterocycles. The van der Waals surface area contributed by atoms with Gasteiger partial charge in [-0.25, -0.2) is 0 Å². The van der Waals surface area contributed by atoms with Crippen LogP contribution in [-0.2, 0) is 4.79 Å². The number of ether oxygens (including phenoxy) is 1. The molecular weight excluding hydrogens is 216 g/mol. The minimum atomic E-state index is 0.0676. The van der Waals surface area contributed by atoms with Gasteiger partial charge < -0.3 is 15.4 Å². The number of amides is 1. The van der Waals surface area contributed by atoms with Crippen LogP contribution in [0.5, 0.6) is 5.75 Å². The Kier molecular flexibility index (Phi) is 6.82. The zero-order chi connectivity index (χ0) is 12.3. The van der Waals surface area contributed by atoms with Crippen LogP contribution >= 0.6 is 0 Å². The first-order valence-corrected chi connectivity index (χ1v) is 5.92. The van der Waals surface area contributed by atoms with E-state index >= 15 is 0 Å². The van der Waals surface area contributed by atoms with Gasteiger partial charge in [-0.2, -0.15) is 0 Å². The average Bonchev–Trinajstić information content (AvgIpc) is 2.38. The smallest absolute Gasteiger partial charge is 0.221 e. The van der Waals surface area contributed by atoms with Crippen LogP contribution in [0, 0.1) is 0 Å². The van der Waals surface area contributed by atoms with Crippen LogP contribution < -0.4 is 15.4 Å². The van der Waals surface area contributed by atoms with E-state index in [9.17, 15) is 4.79 Å². The third kappa shape index (κ3) is 6.58. The van der Waals surface area contributed by atoms with Crippen LogP contribution in [0.3, 0.4) is 0 Å². The van der Waals surface area contributed by atoms with E-state index in [1.165, 1.54) is 0 Å². The number of hydrogen-bond donors (Lipinski definition) is 2. The van der Waals surface area contributed by atoms with E-state index in [0.717, 1.165) is 18.7 Å². The molecule has 0 radical (unpaired) electrons. The minimum absolute atomic E-state index is 0.0676. The Morgan fingerprint density at radius 2 is 2.00 bits per heavy atom. The highest BCUT2D eigenvalue weighted by Gasteiger charge is 1.96. The van der Waals surface area contributed by atoms with E-state index in [1.807, 2.05) is 30.3 Å². The summed E-state index contributed by atoms with van der Waals surface area (Å²) in [6, 6.07) is 9.76. The number of hydrogen-bond acceptors (Lipinski definition) is 3.